The minimum atomic E-state index is -4.59. The average molecular weight is 495 g/mol. The maximum atomic E-state index is 13.4. The summed E-state index contributed by atoms with van der Waals surface area (Å²) in [4.78, 5) is 26.3. The molecule has 9 heteroatoms. The van der Waals surface area contributed by atoms with Gasteiger partial charge in [0.15, 0.2) is 5.78 Å². The molecule has 1 atom stereocenters. The monoisotopic (exact) mass is 494 g/mol. The summed E-state index contributed by atoms with van der Waals surface area (Å²) in [6.07, 6.45) is -2.89. The number of benzene rings is 2. The molecule has 2 N–H and O–H groups in total. The molecule has 0 spiro atoms. The molecular formula is C24H19Cl2F3N2O2. The lowest BCUT2D eigenvalue weighted by atomic mass is 9.75. The van der Waals surface area contributed by atoms with Crippen LogP contribution >= 0.6 is 23.2 Å². The van der Waals surface area contributed by atoms with Crippen LogP contribution in [0.25, 0.3) is 0 Å². The summed E-state index contributed by atoms with van der Waals surface area (Å²) >= 11 is 12.3. The molecule has 1 amide bonds. The minimum Gasteiger partial charge on any atom is -0.362 e. The smallest absolute Gasteiger partial charge is 0.362 e. The largest absolute Gasteiger partial charge is 0.416 e. The van der Waals surface area contributed by atoms with Gasteiger partial charge in [0.25, 0.3) is 5.91 Å². The van der Waals surface area contributed by atoms with Crippen molar-refractivity contribution in [3.8, 4) is 0 Å². The lowest BCUT2D eigenvalue weighted by Gasteiger charge is -2.34. The van der Waals surface area contributed by atoms with Gasteiger partial charge in [-0.15, -0.1) is 0 Å². The van der Waals surface area contributed by atoms with Gasteiger partial charge in [-0.1, -0.05) is 35.3 Å². The number of anilines is 1. The van der Waals surface area contributed by atoms with Crippen molar-refractivity contribution < 1.29 is 22.8 Å². The first-order valence-electron chi connectivity index (χ1n) is 10.2. The first-order valence-corrected chi connectivity index (χ1v) is 11.0. The molecule has 2 aromatic rings. The molecule has 2 aromatic carbocycles. The van der Waals surface area contributed by atoms with Gasteiger partial charge >= 0.3 is 6.18 Å². The Balaban J connectivity index is 1.78. The summed E-state index contributed by atoms with van der Waals surface area (Å²) < 4.78 is 39.5. The first kappa shape index (κ1) is 23.4. The summed E-state index contributed by atoms with van der Waals surface area (Å²) in [5.41, 5.74) is 1.50. The minimum absolute atomic E-state index is 0.0358. The van der Waals surface area contributed by atoms with E-state index in [1.165, 1.54) is 0 Å². The third-order valence-electron chi connectivity index (χ3n) is 5.74. The van der Waals surface area contributed by atoms with Crippen LogP contribution in [0, 0.1) is 0 Å². The first-order chi connectivity index (χ1) is 15.6. The highest BCUT2D eigenvalue weighted by Gasteiger charge is 2.39. The lowest BCUT2D eigenvalue weighted by Crippen LogP contribution is -2.35. The van der Waals surface area contributed by atoms with Crippen molar-refractivity contribution in [2.24, 2.45) is 0 Å². The molecule has 172 valence electrons. The van der Waals surface area contributed by atoms with Crippen LogP contribution in [0.15, 0.2) is 65.0 Å². The summed E-state index contributed by atoms with van der Waals surface area (Å²) in [7, 11) is 0. The highest BCUT2D eigenvalue weighted by Crippen LogP contribution is 2.43. The number of allylic oxidation sites excluding steroid dienone is 3. The number of nitrogens with one attached hydrogen (secondary N) is 2. The van der Waals surface area contributed by atoms with Crippen molar-refractivity contribution in [1.82, 2.24) is 5.32 Å². The van der Waals surface area contributed by atoms with E-state index in [1.807, 2.05) is 0 Å². The Bertz CT molecular complexity index is 1220. The van der Waals surface area contributed by atoms with E-state index < -0.39 is 23.6 Å². The van der Waals surface area contributed by atoms with E-state index in [9.17, 15) is 22.8 Å². The predicted molar refractivity (Wildman–Crippen MR) is 121 cm³/mol. The van der Waals surface area contributed by atoms with Crippen LogP contribution in [0.2, 0.25) is 10.0 Å². The summed E-state index contributed by atoms with van der Waals surface area (Å²) in [5, 5.41) is 6.08. The molecule has 0 fully saturated rings. The number of rotatable bonds is 3. The van der Waals surface area contributed by atoms with Crippen LogP contribution < -0.4 is 10.6 Å². The molecule has 2 aliphatic rings. The number of ketones is 1. The number of dihydropyridines is 1. The van der Waals surface area contributed by atoms with Crippen molar-refractivity contribution in [2.45, 2.75) is 38.3 Å². The molecule has 4 nitrogen and oxygen atoms in total. The van der Waals surface area contributed by atoms with Gasteiger partial charge < -0.3 is 10.6 Å². The zero-order valence-electron chi connectivity index (χ0n) is 17.4. The predicted octanol–water partition coefficient (Wildman–Crippen LogP) is 6.62. The second-order valence-electron chi connectivity index (χ2n) is 7.97. The SMILES string of the molecule is CC1=C(C(=O)Nc2cc(C(F)(F)F)ccc2Cl)C(c2cccc(Cl)c2)C2=C(CCCC2=O)N1. The molecular weight excluding hydrogens is 476 g/mol. The Labute approximate surface area is 198 Å². The van der Waals surface area contributed by atoms with Gasteiger partial charge in [-0.2, -0.15) is 13.2 Å². The second kappa shape index (κ2) is 8.88. The van der Waals surface area contributed by atoms with E-state index >= 15 is 0 Å². The molecule has 1 aliphatic carbocycles. The van der Waals surface area contributed by atoms with Crippen molar-refractivity contribution in [3.05, 3.63) is 86.2 Å². The van der Waals surface area contributed by atoms with Crippen molar-refractivity contribution in [2.75, 3.05) is 5.32 Å². The number of hydrogen-bond acceptors (Lipinski definition) is 3. The highest BCUT2D eigenvalue weighted by atomic mass is 35.5. The number of hydrogen-bond donors (Lipinski definition) is 2. The molecule has 1 aliphatic heterocycles. The Hall–Kier alpha value is -2.77. The second-order valence-corrected chi connectivity index (χ2v) is 8.81. The Kier molecular flexibility index (Phi) is 6.29. The molecule has 4 rings (SSSR count). The van der Waals surface area contributed by atoms with Crippen molar-refractivity contribution in [3.63, 3.8) is 0 Å². The maximum Gasteiger partial charge on any atom is 0.416 e. The van der Waals surface area contributed by atoms with E-state index in [0.717, 1.165) is 23.9 Å². The quantitative estimate of drug-likeness (QED) is 0.504. The number of carbonyl (C=O) groups is 2. The van der Waals surface area contributed by atoms with Crippen LogP contribution in [-0.2, 0) is 15.8 Å². The number of amides is 1. The zero-order valence-corrected chi connectivity index (χ0v) is 19.0. The number of carbonyl (C=O) groups excluding carboxylic acids is 2. The normalized spacial score (nSPS) is 18.7. The van der Waals surface area contributed by atoms with Gasteiger partial charge in [-0.05, 0) is 55.7 Å². The van der Waals surface area contributed by atoms with E-state index in [-0.39, 0.29) is 22.1 Å². The Morgan fingerprint density at radius 2 is 1.88 bits per heavy atom. The van der Waals surface area contributed by atoms with Gasteiger partial charge in [-0.25, -0.2) is 0 Å². The van der Waals surface area contributed by atoms with Gasteiger partial charge in [0.1, 0.15) is 0 Å². The summed E-state index contributed by atoms with van der Waals surface area (Å²) in [6.45, 7) is 1.70. The average Bonchev–Trinajstić information content (AvgIpc) is 2.73. The number of Topliss-reactive ketones (excluding diaryl/α,β-unsaturated/α-hetero) is 1. The highest BCUT2D eigenvalue weighted by molar-refractivity contribution is 6.34. The molecule has 0 bridgehead atoms. The van der Waals surface area contributed by atoms with Gasteiger partial charge in [0.2, 0.25) is 0 Å². The fourth-order valence-corrected chi connectivity index (χ4v) is 4.65. The topological polar surface area (TPSA) is 58.2 Å². The van der Waals surface area contributed by atoms with E-state index in [2.05, 4.69) is 10.6 Å². The van der Waals surface area contributed by atoms with Crippen LogP contribution in [0.5, 0.6) is 0 Å². The third kappa shape index (κ3) is 4.66. The van der Waals surface area contributed by atoms with Gasteiger partial charge in [0.05, 0.1) is 16.3 Å². The van der Waals surface area contributed by atoms with Crippen LogP contribution in [0.3, 0.4) is 0 Å². The molecule has 0 saturated carbocycles. The summed E-state index contributed by atoms with van der Waals surface area (Å²) in [5.74, 6) is -1.45. The van der Waals surface area contributed by atoms with Gasteiger partial charge in [0, 0.05) is 39.9 Å². The fourth-order valence-electron chi connectivity index (χ4n) is 4.29. The van der Waals surface area contributed by atoms with Crippen molar-refractivity contribution in [1.29, 1.82) is 0 Å². The van der Waals surface area contributed by atoms with Crippen LogP contribution in [0.1, 0.15) is 43.2 Å². The van der Waals surface area contributed by atoms with E-state index in [1.54, 1.807) is 31.2 Å². The molecule has 1 heterocycles. The molecule has 0 aromatic heterocycles. The third-order valence-corrected chi connectivity index (χ3v) is 6.31. The van der Waals surface area contributed by atoms with Crippen LogP contribution in [-0.4, -0.2) is 11.7 Å². The zero-order chi connectivity index (χ0) is 23.9. The fraction of sp³-hybridized carbons (Fsp3) is 0.250. The Morgan fingerprint density at radius 1 is 1.12 bits per heavy atom. The standard InChI is InChI=1S/C24H19Cl2F3N2O2/c1-12-20(23(33)31-18-11-14(24(27,28)29)8-9-16(18)26)21(13-4-2-5-15(25)10-13)22-17(30-12)6-3-7-19(22)32/h2,4-5,8-11,21,30H,3,6-7H2,1H3,(H,31,33). The number of halogens is 5. The molecule has 1 unspecified atom stereocenters. The van der Waals surface area contributed by atoms with Gasteiger partial charge in [-0.3, -0.25) is 9.59 Å². The molecule has 0 radical (unpaired) electrons. The van der Waals surface area contributed by atoms with E-state index in [0.29, 0.717) is 41.1 Å². The van der Waals surface area contributed by atoms with E-state index in [4.69, 9.17) is 23.2 Å². The number of alkyl halides is 3. The van der Waals surface area contributed by atoms with Crippen LogP contribution in [0.4, 0.5) is 18.9 Å². The van der Waals surface area contributed by atoms with Crippen molar-refractivity contribution >= 4 is 40.6 Å². The molecule has 0 saturated heterocycles. The maximum absolute atomic E-state index is 13.4. The lowest BCUT2D eigenvalue weighted by molar-refractivity contribution is -0.137. The Morgan fingerprint density at radius 3 is 2.58 bits per heavy atom. The summed E-state index contributed by atoms with van der Waals surface area (Å²) in [6, 6.07) is 9.58. The molecule has 33 heavy (non-hydrogen) atoms.